The number of nitrogens with two attached hydrogens (primary N) is 1. The van der Waals surface area contributed by atoms with Crippen LogP contribution >= 0.6 is 11.3 Å². The molecule has 1 fully saturated rings. The summed E-state index contributed by atoms with van der Waals surface area (Å²) >= 11 is 1.35. The molecule has 2 aromatic rings. The minimum absolute atomic E-state index is 0.0358. The van der Waals surface area contributed by atoms with Crippen LogP contribution in [-0.4, -0.2) is 30.0 Å². The molecule has 0 bridgehead atoms. The molecule has 128 valence electrons. The monoisotopic (exact) mass is 347 g/mol. The van der Waals surface area contributed by atoms with Gasteiger partial charge in [-0.1, -0.05) is 30.6 Å². The van der Waals surface area contributed by atoms with Crippen molar-refractivity contribution in [1.82, 2.24) is 10.3 Å². The van der Waals surface area contributed by atoms with E-state index in [1.165, 1.54) is 17.8 Å². The van der Waals surface area contributed by atoms with Crippen LogP contribution in [0.3, 0.4) is 0 Å². The van der Waals surface area contributed by atoms with Crippen molar-refractivity contribution in [2.75, 3.05) is 18.9 Å². The van der Waals surface area contributed by atoms with Gasteiger partial charge in [-0.3, -0.25) is 9.59 Å². The van der Waals surface area contributed by atoms with Gasteiger partial charge in [-0.05, 0) is 31.0 Å². The van der Waals surface area contributed by atoms with Crippen molar-refractivity contribution in [2.24, 2.45) is 5.92 Å². The molecule has 0 atom stereocenters. The Labute approximate surface area is 144 Å². The van der Waals surface area contributed by atoms with Gasteiger partial charge in [-0.15, -0.1) is 0 Å². The van der Waals surface area contributed by atoms with Gasteiger partial charge in [0.1, 0.15) is 6.61 Å². The first-order valence-corrected chi connectivity index (χ1v) is 9.06. The lowest BCUT2D eigenvalue weighted by Gasteiger charge is -2.19. The van der Waals surface area contributed by atoms with Crippen molar-refractivity contribution in [3.63, 3.8) is 0 Å². The molecule has 6 nitrogen and oxygen atoms in total. The van der Waals surface area contributed by atoms with Gasteiger partial charge in [-0.2, -0.15) is 0 Å². The molecule has 0 unspecified atom stereocenters. The molecule has 1 aromatic carbocycles. The number of nitrogen functional groups attached to an aromatic ring is 1. The molecule has 24 heavy (non-hydrogen) atoms. The second-order valence-corrected chi connectivity index (χ2v) is 7.06. The van der Waals surface area contributed by atoms with Crippen LogP contribution in [0.4, 0.5) is 5.13 Å². The fraction of sp³-hybridized carbons (Fsp3) is 0.471. The third-order valence-corrected chi connectivity index (χ3v) is 5.08. The number of esters is 1. The number of fused-ring (bicyclic) bond motifs is 1. The number of nitrogens with one attached hydrogen (secondary N) is 1. The Morgan fingerprint density at radius 1 is 1.29 bits per heavy atom. The smallest absolute Gasteiger partial charge is 0.308 e. The Morgan fingerprint density at radius 3 is 2.88 bits per heavy atom. The number of hydrogen-bond acceptors (Lipinski definition) is 6. The number of benzene rings is 1. The van der Waals surface area contributed by atoms with Gasteiger partial charge in [0.2, 0.25) is 0 Å². The van der Waals surface area contributed by atoms with E-state index in [-0.39, 0.29) is 24.4 Å². The van der Waals surface area contributed by atoms with Gasteiger partial charge in [0.25, 0.3) is 5.91 Å². The summed E-state index contributed by atoms with van der Waals surface area (Å²) in [7, 11) is 0. The zero-order chi connectivity index (χ0) is 16.9. The molecule has 3 N–H and O–H groups in total. The van der Waals surface area contributed by atoms with Gasteiger partial charge < -0.3 is 15.8 Å². The predicted molar refractivity (Wildman–Crippen MR) is 93.9 cm³/mol. The van der Waals surface area contributed by atoms with Crippen LogP contribution in [0.5, 0.6) is 0 Å². The molecule has 1 aliphatic carbocycles. The van der Waals surface area contributed by atoms with E-state index in [1.807, 2.05) is 0 Å². The molecule has 0 aliphatic heterocycles. The number of carbonyl (C=O) groups excluding carboxylic acids is 2. The Bertz CT molecular complexity index is 738. The lowest BCUT2D eigenvalue weighted by molar-refractivity contribution is -0.149. The maximum atomic E-state index is 12.1. The van der Waals surface area contributed by atoms with Crippen LogP contribution in [0, 0.1) is 5.92 Å². The summed E-state index contributed by atoms with van der Waals surface area (Å²) in [5, 5.41) is 3.25. The first-order chi connectivity index (χ1) is 11.6. The number of aromatic nitrogens is 1. The summed E-state index contributed by atoms with van der Waals surface area (Å²) in [5.74, 6) is -0.295. The number of thiazole rings is 1. The second-order valence-electron chi connectivity index (χ2n) is 5.99. The molecule has 1 aromatic heterocycles. The molecule has 1 aliphatic rings. The van der Waals surface area contributed by atoms with Crippen molar-refractivity contribution in [3.05, 3.63) is 23.8 Å². The average Bonchev–Trinajstić information content (AvgIpc) is 2.98. The first-order valence-electron chi connectivity index (χ1n) is 8.24. The molecule has 0 saturated heterocycles. The normalized spacial score (nSPS) is 15.3. The maximum Gasteiger partial charge on any atom is 0.308 e. The zero-order valence-electron chi connectivity index (χ0n) is 13.4. The van der Waals surface area contributed by atoms with E-state index in [1.54, 1.807) is 18.2 Å². The topological polar surface area (TPSA) is 94.3 Å². The molecule has 1 amide bonds. The quantitative estimate of drug-likeness (QED) is 0.640. The lowest BCUT2D eigenvalue weighted by atomic mass is 9.89. The average molecular weight is 347 g/mol. The summed E-state index contributed by atoms with van der Waals surface area (Å²) < 4.78 is 6.14. The van der Waals surface area contributed by atoms with Gasteiger partial charge >= 0.3 is 5.97 Å². The second kappa shape index (κ2) is 7.61. The molecular weight excluding hydrogens is 326 g/mol. The molecular formula is C17H21N3O3S. The van der Waals surface area contributed by atoms with Crippen molar-refractivity contribution in [2.45, 2.75) is 32.1 Å². The van der Waals surface area contributed by atoms with Crippen LogP contribution in [0.25, 0.3) is 10.2 Å². The predicted octanol–water partition coefficient (Wildman–Crippen LogP) is 2.73. The summed E-state index contributed by atoms with van der Waals surface area (Å²) in [6, 6.07) is 5.26. The SMILES string of the molecule is Nc1nc2ccc(C(=O)NCCOC(=O)C3CCCCC3)cc2s1. The van der Waals surface area contributed by atoms with E-state index in [0.717, 1.165) is 35.9 Å². The minimum atomic E-state index is -0.197. The number of ether oxygens (including phenoxy) is 1. The first kappa shape index (κ1) is 16.7. The highest BCUT2D eigenvalue weighted by molar-refractivity contribution is 7.22. The summed E-state index contributed by atoms with van der Waals surface area (Å²) in [4.78, 5) is 28.2. The minimum Gasteiger partial charge on any atom is -0.464 e. The van der Waals surface area contributed by atoms with E-state index in [2.05, 4.69) is 10.3 Å². The Hall–Kier alpha value is -2.15. The van der Waals surface area contributed by atoms with Gasteiger partial charge in [-0.25, -0.2) is 4.98 Å². The van der Waals surface area contributed by atoms with Crippen molar-refractivity contribution in [1.29, 1.82) is 0 Å². The fourth-order valence-electron chi connectivity index (χ4n) is 2.96. The molecule has 1 heterocycles. The third-order valence-electron chi connectivity index (χ3n) is 4.24. The maximum absolute atomic E-state index is 12.1. The molecule has 7 heteroatoms. The number of hydrogen-bond donors (Lipinski definition) is 2. The highest BCUT2D eigenvalue weighted by atomic mass is 32.1. The summed E-state index contributed by atoms with van der Waals surface area (Å²) in [5.41, 5.74) is 7.00. The lowest BCUT2D eigenvalue weighted by Crippen LogP contribution is -2.29. The highest BCUT2D eigenvalue weighted by Gasteiger charge is 2.22. The summed E-state index contributed by atoms with van der Waals surface area (Å²) in [6.45, 7) is 0.511. The Balaban J connectivity index is 1.45. The largest absolute Gasteiger partial charge is 0.464 e. The molecule has 1 saturated carbocycles. The van der Waals surface area contributed by atoms with E-state index >= 15 is 0 Å². The highest BCUT2D eigenvalue weighted by Crippen LogP contribution is 2.25. The number of carbonyl (C=O) groups is 2. The van der Waals surface area contributed by atoms with Gasteiger partial charge in [0.05, 0.1) is 22.7 Å². The van der Waals surface area contributed by atoms with E-state index in [9.17, 15) is 9.59 Å². The Morgan fingerprint density at radius 2 is 2.08 bits per heavy atom. The van der Waals surface area contributed by atoms with Crippen molar-refractivity contribution < 1.29 is 14.3 Å². The van der Waals surface area contributed by atoms with Crippen LogP contribution in [0.1, 0.15) is 42.5 Å². The van der Waals surface area contributed by atoms with Gasteiger partial charge in [0, 0.05) is 5.56 Å². The van der Waals surface area contributed by atoms with E-state index < -0.39 is 0 Å². The molecule has 0 spiro atoms. The zero-order valence-corrected chi connectivity index (χ0v) is 14.2. The van der Waals surface area contributed by atoms with Crippen LogP contribution in [0.15, 0.2) is 18.2 Å². The number of amides is 1. The van der Waals surface area contributed by atoms with E-state index in [0.29, 0.717) is 17.2 Å². The third kappa shape index (κ3) is 4.03. The van der Waals surface area contributed by atoms with Gasteiger partial charge in [0.15, 0.2) is 5.13 Å². The Kier molecular flexibility index (Phi) is 5.30. The molecule has 3 rings (SSSR count). The number of anilines is 1. The standard InChI is InChI=1S/C17H21N3O3S/c18-17-20-13-7-6-12(10-14(13)24-17)15(21)19-8-9-23-16(22)11-4-2-1-3-5-11/h6-7,10-11H,1-5,8-9H2,(H2,18,20)(H,19,21). The van der Waals surface area contributed by atoms with Crippen LogP contribution in [-0.2, 0) is 9.53 Å². The number of rotatable bonds is 5. The van der Waals surface area contributed by atoms with Crippen LogP contribution < -0.4 is 11.1 Å². The number of nitrogens with zero attached hydrogens (tertiary/aromatic N) is 1. The van der Waals surface area contributed by atoms with E-state index in [4.69, 9.17) is 10.5 Å². The van der Waals surface area contributed by atoms with Crippen molar-refractivity contribution in [3.8, 4) is 0 Å². The fourth-order valence-corrected chi connectivity index (χ4v) is 3.73. The molecule has 0 radical (unpaired) electrons. The summed E-state index contributed by atoms with van der Waals surface area (Å²) in [6.07, 6.45) is 5.24. The van der Waals surface area contributed by atoms with Crippen LogP contribution in [0.2, 0.25) is 0 Å². The van der Waals surface area contributed by atoms with Crippen molar-refractivity contribution >= 4 is 38.6 Å².